The van der Waals surface area contributed by atoms with E-state index in [2.05, 4.69) is 6.58 Å². The van der Waals surface area contributed by atoms with Crippen LogP contribution >= 0.6 is 0 Å². The van der Waals surface area contributed by atoms with Crippen molar-refractivity contribution < 1.29 is 14.3 Å². The van der Waals surface area contributed by atoms with Gasteiger partial charge in [0, 0.05) is 0 Å². The normalized spacial score (nSPS) is 14.3. The Morgan fingerprint density at radius 2 is 1.83 bits per heavy atom. The van der Waals surface area contributed by atoms with Gasteiger partial charge in [-0.3, -0.25) is 4.79 Å². The Hall–Kier alpha value is -0.670. The van der Waals surface area contributed by atoms with E-state index in [0.29, 0.717) is 13.0 Å². The highest BCUT2D eigenvalue weighted by atomic mass is 16.5. The molecule has 0 amide bonds. The maximum Gasteiger partial charge on any atom is 0.183 e. The number of carbonyl (C=O) groups is 1. The highest BCUT2D eigenvalue weighted by Gasteiger charge is 2.26. The van der Waals surface area contributed by atoms with Crippen molar-refractivity contribution in [2.75, 3.05) is 6.61 Å². The number of ether oxygens (including phenoxy) is 2. The smallest absolute Gasteiger partial charge is 0.183 e. The highest BCUT2D eigenvalue weighted by Crippen LogP contribution is 2.23. The monoisotopic (exact) mass is 256 g/mol. The summed E-state index contributed by atoms with van der Waals surface area (Å²) < 4.78 is 11.5. The molecular weight excluding hydrogens is 228 g/mol. The Kier molecular flexibility index (Phi) is 6.79. The van der Waals surface area contributed by atoms with Crippen molar-refractivity contribution in [1.82, 2.24) is 0 Å². The molecular formula is C15H28O3. The van der Waals surface area contributed by atoms with Crippen LogP contribution in [0.3, 0.4) is 0 Å². The summed E-state index contributed by atoms with van der Waals surface area (Å²) in [6.07, 6.45) is 2.38. The largest absolute Gasteiger partial charge is 0.370 e. The topological polar surface area (TPSA) is 35.5 Å². The van der Waals surface area contributed by atoms with E-state index in [1.165, 1.54) is 6.08 Å². The summed E-state index contributed by atoms with van der Waals surface area (Å²) in [4.78, 5) is 11.5. The molecule has 1 atom stereocenters. The average molecular weight is 256 g/mol. The maximum atomic E-state index is 11.5. The lowest BCUT2D eigenvalue weighted by Crippen LogP contribution is -2.36. The Balaban J connectivity index is 4.16. The summed E-state index contributed by atoms with van der Waals surface area (Å²) in [6.45, 7) is 16.1. The van der Waals surface area contributed by atoms with Crippen LogP contribution in [0.25, 0.3) is 0 Å². The van der Waals surface area contributed by atoms with Crippen LogP contribution < -0.4 is 0 Å². The van der Waals surface area contributed by atoms with Crippen molar-refractivity contribution in [2.45, 2.75) is 71.7 Å². The minimum absolute atomic E-state index is 0.0490. The predicted octanol–water partition coefficient (Wildman–Crippen LogP) is 3.52. The van der Waals surface area contributed by atoms with Crippen LogP contribution in [0, 0.1) is 0 Å². The minimum atomic E-state index is -0.368. The standard InChI is InChI=1S/C15H28O3/c1-8-12(16)13(9-2)17-11-10-15(6,7)18-14(3,4)5/h8,13H,1,9-11H2,2-7H3. The van der Waals surface area contributed by atoms with Gasteiger partial charge >= 0.3 is 0 Å². The summed E-state index contributed by atoms with van der Waals surface area (Å²) in [6, 6.07) is 0. The molecule has 0 N–H and O–H groups in total. The molecule has 106 valence electrons. The van der Waals surface area contributed by atoms with Gasteiger partial charge < -0.3 is 9.47 Å². The van der Waals surface area contributed by atoms with Crippen molar-refractivity contribution in [3.05, 3.63) is 12.7 Å². The van der Waals surface area contributed by atoms with Crippen molar-refractivity contribution in [2.24, 2.45) is 0 Å². The second kappa shape index (κ2) is 7.05. The Bertz CT molecular complexity index is 274. The lowest BCUT2D eigenvalue weighted by Gasteiger charge is -2.34. The first-order valence-electron chi connectivity index (χ1n) is 6.59. The molecule has 0 saturated carbocycles. The fourth-order valence-electron chi connectivity index (χ4n) is 1.86. The van der Waals surface area contributed by atoms with Gasteiger partial charge in [0.1, 0.15) is 6.10 Å². The molecule has 0 bridgehead atoms. The third-order valence-corrected chi connectivity index (χ3v) is 2.49. The predicted molar refractivity (Wildman–Crippen MR) is 74.8 cm³/mol. The van der Waals surface area contributed by atoms with Crippen LogP contribution in [-0.2, 0) is 14.3 Å². The molecule has 0 heterocycles. The first-order valence-corrected chi connectivity index (χ1v) is 6.59. The molecule has 3 heteroatoms. The van der Waals surface area contributed by atoms with Crippen molar-refractivity contribution in [3.8, 4) is 0 Å². The molecule has 0 aromatic rings. The van der Waals surface area contributed by atoms with E-state index in [1.54, 1.807) is 0 Å². The van der Waals surface area contributed by atoms with Crippen molar-refractivity contribution in [1.29, 1.82) is 0 Å². The first-order chi connectivity index (χ1) is 8.11. The zero-order valence-corrected chi connectivity index (χ0v) is 12.7. The van der Waals surface area contributed by atoms with Crippen LogP contribution in [0.5, 0.6) is 0 Å². The number of rotatable bonds is 8. The molecule has 1 unspecified atom stereocenters. The van der Waals surface area contributed by atoms with Crippen LogP contribution in [0.2, 0.25) is 0 Å². The van der Waals surface area contributed by atoms with Gasteiger partial charge in [0.05, 0.1) is 17.8 Å². The molecule has 0 rings (SSSR count). The van der Waals surface area contributed by atoms with Crippen LogP contribution in [-0.4, -0.2) is 29.7 Å². The zero-order chi connectivity index (χ0) is 14.4. The maximum absolute atomic E-state index is 11.5. The van der Waals surface area contributed by atoms with Crippen LogP contribution in [0.15, 0.2) is 12.7 Å². The molecule has 0 radical (unpaired) electrons. The molecule has 0 aliphatic heterocycles. The summed E-state index contributed by atoms with van der Waals surface area (Å²) in [5, 5.41) is 0. The average Bonchev–Trinajstić information content (AvgIpc) is 2.19. The number of hydrogen-bond acceptors (Lipinski definition) is 3. The van der Waals surface area contributed by atoms with E-state index in [9.17, 15) is 4.79 Å². The second-order valence-corrected chi connectivity index (χ2v) is 6.10. The number of ketones is 1. The van der Waals surface area contributed by atoms with Crippen LogP contribution in [0.1, 0.15) is 54.4 Å². The van der Waals surface area contributed by atoms with Gasteiger partial charge in [-0.05, 0) is 53.5 Å². The van der Waals surface area contributed by atoms with E-state index in [0.717, 1.165) is 6.42 Å². The molecule has 0 aromatic carbocycles. The number of carbonyl (C=O) groups excluding carboxylic acids is 1. The van der Waals surface area contributed by atoms with E-state index < -0.39 is 0 Å². The van der Waals surface area contributed by atoms with Gasteiger partial charge in [-0.25, -0.2) is 0 Å². The van der Waals surface area contributed by atoms with E-state index >= 15 is 0 Å². The quantitative estimate of drug-likeness (QED) is 0.623. The molecule has 0 aliphatic rings. The first kappa shape index (κ1) is 17.3. The summed E-state index contributed by atoms with van der Waals surface area (Å²) in [7, 11) is 0. The fraction of sp³-hybridized carbons (Fsp3) is 0.800. The molecule has 3 nitrogen and oxygen atoms in total. The molecule has 0 aromatic heterocycles. The van der Waals surface area contributed by atoms with Crippen molar-refractivity contribution in [3.63, 3.8) is 0 Å². The number of hydrogen-bond donors (Lipinski definition) is 0. The SMILES string of the molecule is C=CC(=O)C(CC)OCCC(C)(C)OC(C)(C)C. The molecule has 0 saturated heterocycles. The molecule has 0 fully saturated rings. The van der Waals surface area contributed by atoms with Gasteiger partial charge in [-0.2, -0.15) is 0 Å². The molecule has 0 aliphatic carbocycles. The molecule has 18 heavy (non-hydrogen) atoms. The lowest BCUT2D eigenvalue weighted by molar-refractivity contribution is -0.136. The zero-order valence-electron chi connectivity index (χ0n) is 12.7. The highest BCUT2D eigenvalue weighted by molar-refractivity contribution is 5.92. The summed E-state index contributed by atoms with van der Waals surface area (Å²) >= 11 is 0. The third kappa shape index (κ3) is 7.62. The summed E-state index contributed by atoms with van der Waals surface area (Å²) in [5.41, 5.74) is -0.432. The van der Waals surface area contributed by atoms with Gasteiger partial charge in [0.25, 0.3) is 0 Å². The second-order valence-electron chi connectivity index (χ2n) is 6.10. The van der Waals surface area contributed by atoms with Crippen LogP contribution in [0.4, 0.5) is 0 Å². The van der Waals surface area contributed by atoms with E-state index in [-0.39, 0.29) is 23.1 Å². The Morgan fingerprint density at radius 1 is 1.28 bits per heavy atom. The minimum Gasteiger partial charge on any atom is -0.370 e. The van der Waals surface area contributed by atoms with E-state index in [1.807, 2.05) is 41.5 Å². The van der Waals surface area contributed by atoms with E-state index in [4.69, 9.17) is 9.47 Å². The van der Waals surface area contributed by atoms with Crippen molar-refractivity contribution >= 4 is 5.78 Å². The fourth-order valence-corrected chi connectivity index (χ4v) is 1.86. The lowest BCUT2D eigenvalue weighted by atomic mass is 10.0. The third-order valence-electron chi connectivity index (χ3n) is 2.49. The Morgan fingerprint density at radius 3 is 2.22 bits per heavy atom. The van der Waals surface area contributed by atoms with Gasteiger partial charge in [-0.15, -0.1) is 0 Å². The van der Waals surface area contributed by atoms with Gasteiger partial charge in [-0.1, -0.05) is 13.5 Å². The van der Waals surface area contributed by atoms with Gasteiger partial charge in [0.15, 0.2) is 5.78 Å². The van der Waals surface area contributed by atoms with Gasteiger partial charge in [0.2, 0.25) is 0 Å². The summed E-state index contributed by atoms with van der Waals surface area (Å²) in [5.74, 6) is -0.0490. The molecule has 0 spiro atoms. The Labute approximate surface area is 112 Å².